The van der Waals surface area contributed by atoms with Crippen molar-refractivity contribution in [3.8, 4) is 0 Å². The highest BCUT2D eigenvalue weighted by atomic mass is 16.5. The van der Waals surface area contributed by atoms with Gasteiger partial charge >= 0.3 is 0 Å². The molecule has 0 aromatic carbocycles. The molecule has 0 heterocycles. The second kappa shape index (κ2) is 4.04. The molecule has 2 N–H and O–H groups in total. The zero-order valence-electron chi connectivity index (χ0n) is 7.66. The highest BCUT2D eigenvalue weighted by Gasteiger charge is 2.28. The molecule has 0 aliphatic carbocycles. The van der Waals surface area contributed by atoms with Gasteiger partial charge in [-0.3, -0.25) is 0 Å². The minimum atomic E-state index is -0.792. The molecular weight excluding hydrogens is 144 g/mol. The van der Waals surface area contributed by atoms with Gasteiger partial charge < -0.3 is 14.9 Å². The number of rotatable bonds is 3. The van der Waals surface area contributed by atoms with Gasteiger partial charge in [0.2, 0.25) is 0 Å². The number of hydrogen-bond donors (Lipinski definition) is 2. The monoisotopic (exact) mass is 162 g/mol. The quantitative estimate of drug-likeness (QED) is 0.631. The maximum absolute atomic E-state index is 9.46. The van der Waals surface area contributed by atoms with Gasteiger partial charge in [-0.15, -0.1) is 0 Å². The van der Waals surface area contributed by atoms with E-state index in [0.29, 0.717) is 0 Å². The molecular formula is C8H18O3. The van der Waals surface area contributed by atoms with E-state index in [9.17, 15) is 10.2 Å². The third-order valence-corrected chi connectivity index (χ3v) is 1.59. The van der Waals surface area contributed by atoms with Gasteiger partial charge in [-0.2, -0.15) is 0 Å². The Kier molecular flexibility index (Phi) is 4.00. The van der Waals surface area contributed by atoms with Crippen LogP contribution < -0.4 is 0 Å². The predicted molar refractivity (Wildman–Crippen MR) is 43.3 cm³/mol. The van der Waals surface area contributed by atoms with Crippen LogP contribution in [-0.2, 0) is 4.74 Å². The van der Waals surface area contributed by atoms with E-state index < -0.39 is 12.2 Å². The summed E-state index contributed by atoms with van der Waals surface area (Å²) in [6, 6.07) is 0. The Bertz CT molecular complexity index is 106. The summed E-state index contributed by atoms with van der Waals surface area (Å²) in [6.07, 6.45) is -1.53. The summed E-state index contributed by atoms with van der Waals surface area (Å²) in [7, 11) is 1.50. The molecule has 0 radical (unpaired) electrons. The van der Waals surface area contributed by atoms with Crippen molar-refractivity contribution in [1.82, 2.24) is 0 Å². The lowest BCUT2D eigenvalue weighted by Crippen LogP contribution is -2.40. The van der Waals surface area contributed by atoms with Crippen molar-refractivity contribution in [2.75, 3.05) is 13.7 Å². The van der Waals surface area contributed by atoms with Gasteiger partial charge in [-0.1, -0.05) is 20.8 Å². The SMILES string of the molecule is COCC(O)C(O)C(C)(C)C. The Morgan fingerprint density at radius 1 is 1.27 bits per heavy atom. The fourth-order valence-electron chi connectivity index (χ4n) is 0.839. The van der Waals surface area contributed by atoms with Crippen LogP contribution in [0, 0.1) is 5.41 Å². The van der Waals surface area contributed by atoms with Gasteiger partial charge in [0, 0.05) is 7.11 Å². The molecule has 0 saturated carbocycles. The minimum absolute atomic E-state index is 0.179. The van der Waals surface area contributed by atoms with Crippen molar-refractivity contribution < 1.29 is 14.9 Å². The normalized spacial score (nSPS) is 18.0. The highest BCUT2D eigenvalue weighted by molar-refractivity contribution is 4.78. The zero-order valence-corrected chi connectivity index (χ0v) is 7.66. The Morgan fingerprint density at radius 2 is 1.73 bits per heavy atom. The van der Waals surface area contributed by atoms with E-state index in [0.717, 1.165) is 0 Å². The van der Waals surface area contributed by atoms with Crippen molar-refractivity contribution >= 4 is 0 Å². The maximum atomic E-state index is 9.46. The molecule has 0 rings (SSSR count). The molecule has 3 nitrogen and oxygen atoms in total. The van der Waals surface area contributed by atoms with Crippen molar-refractivity contribution in [2.24, 2.45) is 5.41 Å². The first-order chi connectivity index (χ1) is 4.89. The minimum Gasteiger partial charge on any atom is -0.390 e. The Labute approximate surface area is 68.0 Å². The van der Waals surface area contributed by atoms with E-state index >= 15 is 0 Å². The lowest BCUT2D eigenvalue weighted by molar-refractivity contribution is -0.0726. The van der Waals surface area contributed by atoms with E-state index in [1.54, 1.807) is 0 Å². The molecule has 0 aliphatic rings. The van der Waals surface area contributed by atoms with E-state index in [-0.39, 0.29) is 12.0 Å². The molecule has 3 heteroatoms. The lowest BCUT2D eigenvalue weighted by Gasteiger charge is -2.29. The van der Waals surface area contributed by atoms with Crippen LogP contribution in [0.15, 0.2) is 0 Å². The van der Waals surface area contributed by atoms with Gasteiger partial charge in [0.05, 0.1) is 12.7 Å². The summed E-state index contributed by atoms with van der Waals surface area (Å²) in [6.45, 7) is 5.79. The molecule has 68 valence electrons. The first-order valence-corrected chi connectivity index (χ1v) is 3.74. The topological polar surface area (TPSA) is 49.7 Å². The third kappa shape index (κ3) is 3.70. The van der Waals surface area contributed by atoms with Crippen LogP contribution in [0.4, 0.5) is 0 Å². The van der Waals surface area contributed by atoms with Crippen molar-refractivity contribution in [2.45, 2.75) is 33.0 Å². The number of aliphatic hydroxyl groups is 2. The Morgan fingerprint density at radius 3 is 2.00 bits per heavy atom. The molecule has 0 spiro atoms. The van der Waals surface area contributed by atoms with Crippen molar-refractivity contribution in [1.29, 1.82) is 0 Å². The van der Waals surface area contributed by atoms with Gasteiger partial charge in [0.1, 0.15) is 6.10 Å². The average molecular weight is 162 g/mol. The van der Waals surface area contributed by atoms with Crippen LogP contribution in [0.3, 0.4) is 0 Å². The molecule has 0 aromatic rings. The highest BCUT2D eigenvalue weighted by Crippen LogP contribution is 2.21. The summed E-state index contributed by atoms with van der Waals surface area (Å²) in [5.74, 6) is 0. The Balaban J connectivity index is 3.91. The number of aliphatic hydroxyl groups excluding tert-OH is 2. The van der Waals surface area contributed by atoms with Crippen LogP contribution in [0.25, 0.3) is 0 Å². The van der Waals surface area contributed by atoms with E-state index in [4.69, 9.17) is 4.74 Å². The van der Waals surface area contributed by atoms with Crippen LogP contribution in [0.1, 0.15) is 20.8 Å². The summed E-state index contributed by atoms with van der Waals surface area (Å²) < 4.78 is 4.71. The predicted octanol–water partition coefficient (Wildman–Crippen LogP) is 0.401. The van der Waals surface area contributed by atoms with Crippen molar-refractivity contribution in [3.05, 3.63) is 0 Å². The maximum Gasteiger partial charge on any atom is 0.104 e. The summed E-state index contributed by atoms with van der Waals surface area (Å²) in [4.78, 5) is 0. The smallest absolute Gasteiger partial charge is 0.104 e. The van der Waals surface area contributed by atoms with E-state index in [2.05, 4.69) is 0 Å². The summed E-state index contributed by atoms with van der Waals surface area (Å²) in [5.41, 5.74) is -0.294. The van der Waals surface area contributed by atoms with Gasteiger partial charge in [0.25, 0.3) is 0 Å². The first kappa shape index (κ1) is 10.9. The number of hydrogen-bond acceptors (Lipinski definition) is 3. The fourth-order valence-corrected chi connectivity index (χ4v) is 0.839. The van der Waals surface area contributed by atoms with Crippen molar-refractivity contribution in [3.63, 3.8) is 0 Å². The van der Waals surface area contributed by atoms with Crippen LogP contribution in [-0.4, -0.2) is 36.1 Å². The molecule has 0 fully saturated rings. The van der Waals surface area contributed by atoms with Crippen LogP contribution >= 0.6 is 0 Å². The molecule has 2 atom stereocenters. The second-order valence-corrected chi connectivity index (χ2v) is 3.83. The molecule has 0 aliphatic heterocycles. The summed E-state index contributed by atoms with van der Waals surface area (Å²) in [5, 5.41) is 18.7. The van der Waals surface area contributed by atoms with Crippen LogP contribution in [0.2, 0.25) is 0 Å². The molecule has 0 bridgehead atoms. The van der Waals surface area contributed by atoms with E-state index in [1.165, 1.54) is 7.11 Å². The molecule has 0 aromatic heterocycles. The third-order valence-electron chi connectivity index (χ3n) is 1.59. The first-order valence-electron chi connectivity index (χ1n) is 3.74. The summed E-state index contributed by atoms with van der Waals surface area (Å²) >= 11 is 0. The largest absolute Gasteiger partial charge is 0.390 e. The lowest BCUT2D eigenvalue weighted by atomic mass is 9.86. The standard InChI is InChI=1S/C8H18O3/c1-8(2,3)7(10)6(9)5-11-4/h6-7,9-10H,5H2,1-4H3. The van der Waals surface area contributed by atoms with Gasteiger partial charge in [-0.25, -0.2) is 0 Å². The molecule has 0 amide bonds. The number of ether oxygens (including phenoxy) is 1. The van der Waals surface area contributed by atoms with Gasteiger partial charge in [0.15, 0.2) is 0 Å². The average Bonchev–Trinajstić information content (AvgIpc) is 1.85. The van der Waals surface area contributed by atoms with E-state index in [1.807, 2.05) is 20.8 Å². The van der Waals surface area contributed by atoms with Gasteiger partial charge in [-0.05, 0) is 5.41 Å². The molecule has 2 unspecified atom stereocenters. The number of methoxy groups -OCH3 is 1. The zero-order chi connectivity index (χ0) is 9.07. The Hall–Kier alpha value is -0.120. The molecule has 0 saturated heterocycles. The fraction of sp³-hybridized carbons (Fsp3) is 1.00. The second-order valence-electron chi connectivity index (χ2n) is 3.83. The van der Waals surface area contributed by atoms with Crippen LogP contribution in [0.5, 0.6) is 0 Å². The molecule has 11 heavy (non-hydrogen) atoms.